The Hall–Kier alpha value is -2.82. The number of H-pyrrole nitrogens is 1. The van der Waals surface area contributed by atoms with Gasteiger partial charge >= 0.3 is 0 Å². The van der Waals surface area contributed by atoms with Crippen LogP contribution in [0.4, 0.5) is 0 Å². The van der Waals surface area contributed by atoms with Gasteiger partial charge in [0.25, 0.3) is 5.91 Å². The molecular weight excluding hydrogens is 278 g/mol. The summed E-state index contributed by atoms with van der Waals surface area (Å²) < 4.78 is 5.64. The molecule has 5 nitrogen and oxygen atoms in total. The fourth-order valence-corrected chi connectivity index (χ4v) is 2.19. The molecule has 1 heterocycles. The van der Waals surface area contributed by atoms with E-state index in [0.29, 0.717) is 19.0 Å². The molecule has 0 aliphatic carbocycles. The van der Waals surface area contributed by atoms with Crippen molar-refractivity contribution < 1.29 is 9.53 Å². The molecule has 0 atom stereocenters. The second-order valence-electron chi connectivity index (χ2n) is 4.97. The number of amides is 1. The number of imidazole rings is 1. The molecule has 0 saturated heterocycles. The molecule has 0 spiro atoms. The largest absolute Gasteiger partial charge is 0.491 e. The van der Waals surface area contributed by atoms with E-state index in [-0.39, 0.29) is 5.91 Å². The molecule has 1 amide bonds. The number of aromatic nitrogens is 2. The predicted molar refractivity (Wildman–Crippen MR) is 85.1 cm³/mol. The summed E-state index contributed by atoms with van der Waals surface area (Å²) in [7, 11) is 0. The first-order valence-electron chi connectivity index (χ1n) is 7.15. The maximum atomic E-state index is 12.0. The number of rotatable bonds is 5. The Morgan fingerprint density at radius 2 is 1.95 bits per heavy atom. The van der Waals surface area contributed by atoms with Gasteiger partial charge in [0.1, 0.15) is 12.4 Å². The van der Waals surface area contributed by atoms with E-state index in [0.717, 1.165) is 22.3 Å². The zero-order valence-corrected chi connectivity index (χ0v) is 12.3. The van der Waals surface area contributed by atoms with E-state index >= 15 is 0 Å². The van der Waals surface area contributed by atoms with Gasteiger partial charge in [0.2, 0.25) is 0 Å². The number of nitrogens with one attached hydrogen (secondary N) is 2. The van der Waals surface area contributed by atoms with Crippen LogP contribution in [-0.4, -0.2) is 29.0 Å². The third kappa shape index (κ3) is 3.09. The van der Waals surface area contributed by atoms with Crippen LogP contribution in [0.25, 0.3) is 11.0 Å². The number of aryl methyl sites for hydroxylation is 1. The Bertz CT molecular complexity index is 762. The number of benzene rings is 2. The number of nitrogens with zero attached hydrogens (tertiary/aromatic N) is 1. The van der Waals surface area contributed by atoms with Crippen molar-refractivity contribution in [2.75, 3.05) is 13.2 Å². The predicted octanol–water partition coefficient (Wildman–Crippen LogP) is 2.68. The number of carbonyl (C=O) groups excluding carboxylic acids is 1. The van der Waals surface area contributed by atoms with Crippen LogP contribution in [0, 0.1) is 6.92 Å². The summed E-state index contributed by atoms with van der Waals surface area (Å²) in [5, 5.41) is 2.79. The Kier molecular flexibility index (Phi) is 4.05. The van der Waals surface area contributed by atoms with Gasteiger partial charge in [-0.1, -0.05) is 30.3 Å². The molecule has 0 unspecified atom stereocenters. The Morgan fingerprint density at radius 1 is 1.18 bits per heavy atom. The molecule has 0 fully saturated rings. The van der Waals surface area contributed by atoms with Crippen LogP contribution in [0.15, 0.2) is 48.5 Å². The molecule has 0 saturated carbocycles. The third-order valence-electron chi connectivity index (χ3n) is 3.34. The highest BCUT2D eigenvalue weighted by Crippen LogP contribution is 2.15. The van der Waals surface area contributed by atoms with Gasteiger partial charge in [-0.15, -0.1) is 0 Å². The highest BCUT2D eigenvalue weighted by Gasteiger charge is 2.10. The van der Waals surface area contributed by atoms with Crippen LogP contribution in [0.1, 0.15) is 16.2 Å². The van der Waals surface area contributed by atoms with Crippen molar-refractivity contribution in [3.8, 4) is 5.75 Å². The van der Waals surface area contributed by atoms with Gasteiger partial charge in [0.15, 0.2) is 5.82 Å². The van der Waals surface area contributed by atoms with Crippen molar-refractivity contribution in [2.45, 2.75) is 6.92 Å². The monoisotopic (exact) mass is 295 g/mol. The summed E-state index contributed by atoms with van der Waals surface area (Å²) in [5.41, 5.74) is 2.71. The molecule has 0 radical (unpaired) electrons. The fourth-order valence-electron chi connectivity index (χ4n) is 2.19. The minimum absolute atomic E-state index is 0.232. The van der Waals surface area contributed by atoms with Crippen molar-refractivity contribution in [3.05, 3.63) is 59.9 Å². The maximum Gasteiger partial charge on any atom is 0.287 e. The SMILES string of the molecule is Cc1ccccc1OCCNC(=O)c1nc2ccccc2[nH]1. The first kappa shape index (κ1) is 14.1. The summed E-state index contributed by atoms with van der Waals surface area (Å²) in [5.74, 6) is 0.919. The minimum atomic E-state index is -0.232. The summed E-state index contributed by atoms with van der Waals surface area (Å²) in [4.78, 5) is 19.3. The minimum Gasteiger partial charge on any atom is -0.491 e. The van der Waals surface area contributed by atoms with Gasteiger partial charge in [0.05, 0.1) is 17.6 Å². The second kappa shape index (κ2) is 6.30. The van der Waals surface area contributed by atoms with E-state index in [9.17, 15) is 4.79 Å². The molecule has 2 N–H and O–H groups in total. The molecule has 1 aromatic heterocycles. The van der Waals surface area contributed by atoms with Gasteiger partial charge in [-0.25, -0.2) is 4.98 Å². The maximum absolute atomic E-state index is 12.0. The van der Waals surface area contributed by atoms with Gasteiger partial charge in [-0.05, 0) is 30.7 Å². The smallest absolute Gasteiger partial charge is 0.287 e. The normalized spacial score (nSPS) is 10.6. The van der Waals surface area contributed by atoms with Gasteiger partial charge in [0, 0.05) is 0 Å². The van der Waals surface area contributed by atoms with Crippen LogP contribution in [-0.2, 0) is 0 Å². The average molecular weight is 295 g/mol. The molecule has 0 bridgehead atoms. The summed E-state index contributed by atoms with van der Waals surface area (Å²) in [6.45, 7) is 2.82. The van der Waals surface area contributed by atoms with E-state index in [1.807, 2.05) is 55.5 Å². The van der Waals surface area contributed by atoms with Crippen LogP contribution in [0.5, 0.6) is 5.75 Å². The number of carbonyl (C=O) groups is 1. The number of fused-ring (bicyclic) bond motifs is 1. The molecule has 112 valence electrons. The summed E-state index contributed by atoms with van der Waals surface area (Å²) in [6.07, 6.45) is 0. The molecule has 2 aromatic carbocycles. The van der Waals surface area contributed by atoms with E-state index in [1.54, 1.807) is 0 Å². The summed E-state index contributed by atoms with van der Waals surface area (Å²) >= 11 is 0. The third-order valence-corrected chi connectivity index (χ3v) is 3.34. The topological polar surface area (TPSA) is 67.0 Å². The van der Waals surface area contributed by atoms with Crippen molar-refractivity contribution in [3.63, 3.8) is 0 Å². The van der Waals surface area contributed by atoms with E-state index in [2.05, 4.69) is 15.3 Å². The Balaban J connectivity index is 1.53. The van der Waals surface area contributed by atoms with E-state index in [4.69, 9.17) is 4.74 Å². The van der Waals surface area contributed by atoms with Crippen molar-refractivity contribution in [1.29, 1.82) is 0 Å². The zero-order chi connectivity index (χ0) is 15.4. The highest BCUT2D eigenvalue weighted by molar-refractivity contribution is 5.94. The molecule has 22 heavy (non-hydrogen) atoms. The Morgan fingerprint density at radius 3 is 2.77 bits per heavy atom. The lowest BCUT2D eigenvalue weighted by molar-refractivity contribution is 0.0938. The lowest BCUT2D eigenvalue weighted by Crippen LogP contribution is -2.29. The van der Waals surface area contributed by atoms with Crippen molar-refractivity contribution >= 4 is 16.9 Å². The standard InChI is InChI=1S/C17H17N3O2/c1-12-6-2-5-9-15(12)22-11-10-18-17(21)16-19-13-7-3-4-8-14(13)20-16/h2-9H,10-11H2,1H3,(H,18,21)(H,19,20). The zero-order valence-electron chi connectivity index (χ0n) is 12.3. The first-order valence-corrected chi connectivity index (χ1v) is 7.15. The van der Waals surface area contributed by atoms with Crippen LogP contribution in [0.3, 0.4) is 0 Å². The molecule has 0 aliphatic rings. The second-order valence-corrected chi connectivity index (χ2v) is 4.97. The van der Waals surface area contributed by atoms with Crippen molar-refractivity contribution in [1.82, 2.24) is 15.3 Å². The molecule has 3 rings (SSSR count). The number of aromatic amines is 1. The van der Waals surface area contributed by atoms with Crippen LogP contribution < -0.4 is 10.1 Å². The highest BCUT2D eigenvalue weighted by atomic mass is 16.5. The average Bonchev–Trinajstić information content (AvgIpc) is 2.97. The lowest BCUT2D eigenvalue weighted by Gasteiger charge is -2.09. The van der Waals surface area contributed by atoms with E-state index < -0.39 is 0 Å². The van der Waals surface area contributed by atoms with Crippen molar-refractivity contribution in [2.24, 2.45) is 0 Å². The number of para-hydroxylation sites is 3. The van der Waals surface area contributed by atoms with E-state index in [1.165, 1.54) is 0 Å². The molecular formula is C17H17N3O2. The Labute approximate surface area is 128 Å². The van der Waals surface area contributed by atoms with Gasteiger partial charge in [-0.2, -0.15) is 0 Å². The molecule has 5 heteroatoms. The lowest BCUT2D eigenvalue weighted by atomic mass is 10.2. The summed E-state index contributed by atoms with van der Waals surface area (Å²) in [6, 6.07) is 15.3. The number of hydrogen-bond acceptors (Lipinski definition) is 3. The van der Waals surface area contributed by atoms with Gasteiger partial charge < -0.3 is 15.0 Å². The first-order chi connectivity index (χ1) is 10.7. The van der Waals surface area contributed by atoms with Crippen LogP contribution in [0.2, 0.25) is 0 Å². The number of hydrogen-bond donors (Lipinski definition) is 2. The van der Waals surface area contributed by atoms with Gasteiger partial charge in [-0.3, -0.25) is 4.79 Å². The molecule has 3 aromatic rings. The molecule has 0 aliphatic heterocycles. The number of ether oxygens (including phenoxy) is 1. The fraction of sp³-hybridized carbons (Fsp3) is 0.176. The van der Waals surface area contributed by atoms with Crippen LogP contribution >= 0.6 is 0 Å². The quantitative estimate of drug-likeness (QED) is 0.711.